The molecule has 0 aliphatic heterocycles. The van der Waals surface area contributed by atoms with Crippen molar-refractivity contribution < 1.29 is 4.79 Å². The van der Waals surface area contributed by atoms with E-state index in [-0.39, 0.29) is 5.91 Å². The van der Waals surface area contributed by atoms with E-state index >= 15 is 0 Å². The number of carbonyl (C=O) groups is 1. The number of rotatable bonds is 3. The number of hydrogen-bond donors (Lipinski definition) is 1. The summed E-state index contributed by atoms with van der Waals surface area (Å²) in [6.45, 7) is 0.496. The molecule has 0 radical (unpaired) electrons. The molecule has 1 amide bonds. The number of amides is 1. The normalized spacial score (nSPS) is 10.5. The molecule has 1 aromatic heterocycles. The van der Waals surface area contributed by atoms with Crippen LogP contribution in [0.25, 0.3) is 10.8 Å². The molecule has 1 N–H and O–H groups in total. The van der Waals surface area contributed by atoms with Crippen LogP contribution in [0.5, 0.6) is 0 Å². The van der Waals surface area contributed by atoms with Gasteiger partial charge in [0.2, 0.25) is 0 Å². The number of halogens is 1. The fourth-order valence-corrected chi connectivity index (χ4v) is 2.47. The Morgan fingerprint density at radius 2 is 1.86 bits per heavy atom. The van der Waals surface area contributed by atoms with Crippen LogP contribution in [0.1, 0.15) is 15.9 Å². The van der Waals surface area contributed by atoms with Crippen molar-refractivity contribution in [3.05, 3.63) is 76.5 Å². The first-order valence-corrected chi connectivity index (χ1v) is 7.40. The molecule has 0 aliphatic rings. The minimum Gasteiger partial charge on any atom is -0.348 e. The van der Waals surface area contributed by atoms with Crippen LogP contribution in [-0.2, 0) is 6.54 Å². The van der Waals surface area contributed by atoms with Crippen molar-refractivity contribution in [2.75, 3.05) is 0 Å². The number of nitrogens with zero attached hydrogens (tertiary/aromatic N) is 1. The lowest BCUT2D eigenvalue weighted by atomic mass is 10.0. The van der Waals surface area contributed by atoms with Gasteiger partial charge >= 0.3 is 0 Å². The lowest BCUT2D eigenvalue weighted by Crippen LogP contribution is -2.23. The van der Waals surface area contributed by atoms with Gasteiger partial charge in [0.15, 0.2) is 0 Å². The average molecular weight is 341 g/mol. The summed E-state index contributed by atoms with van der Waals surface area (Å²) in [4.78, 5) is 16.2. The van der Waals surface area contributed by atoms with Crippen LogP contribution in [-0.4, -0.2) is 10.9 Å². The molecule has 3 aromatic rings. The molecular formula is C17H13BrN2O. The second kappa shape index (κ2) is 6.06. The maximum absolute atomic E-state index is 12.1. The molecule has 0 spiro atoms. The fourth-order valence-electron chi connectivity index (χ4n) is 2.23. The van der Waals surface area contributed by atoms with E-state index in [1.54, 1.807) is 18.3 Å². The van der Waals surface area contributed by atoms with E-state index in [4.69, 9.17) is 0 Å². The van der Waals surface area contributed by atoms with Gasteiger partial charge in [-0.3, -0.25) is 4.79 Å². The topological polar surface area (TPSA) is 42.0 Å². The standard InChI is InChI=1S/C17H13BrN2O/c18-16-9-8-14(11-19-16)17(21)20-10-13-6-3-5-12-4-1-2-7-15(12)13/h1-9,11H,10H2,(H,20,21). The highest BCUT2D eigenvalue weighted by atomic mass is 79.9. The SMILES string of the molecule is O=C(NCc1cccc2ccccc12)c1ccc(Br)nc1. The highest BCUT2D eigenvalue weighted by Gasteiger charge is 2.07. The molecule has 3 rings (SSSR count). The Balaban J connectivity index is 1.77. The number of hydrogen-bond acceptors (Lipinski definition) is 2. The number of nitrogens with one attached hydrogen (secondary N) is 1. The molecule has 0 unspecified atom stereocenters. The summed E-state index contributed by atoms with van der Waals surface area (Å²) in [7, 11) is 0. The summed E-state index contributed by atoms with van der Waals surface area (Å²) in [5.41, 5.74) is 1.66. The number of fused-ring (bicyclic) bond motifs is 1. The van der Waals surface area contributed by atoms with Gasteiger partial charge in [0.25, 0.3) is 5.91 Å². The maximum atomic E-state index is 12.1. The summed E-state index contributed by atoms with van der Waals surface area (Å²) >= 11 is 3.25. The smallest absolute Gasteiger partial charge is 0.253 e. The van der Waals surface area contributed by atoms with Crippen molar-refractivity contribution in [1.29, 1.82) is 0 Å². The van der Waals surface area contributed by atoms with Crippen LogP contribution in [0.4, 0.5) is 0 Å². The van der Waals surface area contributed by atoms with Gasteiger partial charge in [-0.05, 0) is 44.4 Å². The molecule has 0 bridgehead atoms. The molecule has 2 aromatic carbocycles. The van der Waals surface area contributed by atoms with E-state index < -0.39 is 0 Å². The van der Waals surface area contributed by atoms with E-state index in [1.807, 2.05) is 24.3 Å². The van der Waals surface area contributed by atoms with E-state index in [0.717, 1.165) is 10.9 Å². The zero-order valence-electron chi connectivity index (χ0n) is 11.2. The van der Waals surface area contributed by atoms with Crippen molar-refractivity contribution in [3.8, 4) is 0 Å². The minimum atomic E-state index is -0.122. The van der Waals surface area contributed by atoms with Crippen molar-refractivity contribution in [2.45, 2.75) is 6.54 Å². The van der Waals surface area contributed by atoms with Gasteiger partial charge in [0, 0.05) is 12.7 Å². The van der Waals surface area contributed by atoms with Gasteiger partial charge in [0.05, 0.1) is 5.56 Å². The molecule has 0 atom stereocenters. The first kappa shape index (κ1) is 13.8. The fraction of sp³-hybridized carbons (Fsp3) is 0.0588. The zero-order chi connectivity index (χ0) is 14.7. The molecule has 4 heteroatoms. The van der Waals surface area contributed by atoms with Gasteiger partial charge in [0.1, 0.15) is 4.60 Å². The van der Waals surface area contributed by atoms with E-state index in [9.17, 15) is 4.79 Å². The quantitative estimate of drug-likeness (QED) is 0.734. The van der Waals surface area contributed by atoms with Gasteiger partial charge in [-0.25, -0.2) is 4.98 Å². The molecule has 0 saturated carbocycles. The maximum Gasteiger partial charge on any atom is 0.253 e. The van der Waals surface area contributed by atoms with Gasteiger partial charge < -0.3 is 5.32 Å². The largest absolute Gasteiger partial charge is 0.348 e. The van der Waals surface area contributed by atoms with Crippen LogP contribution < -0.4 is 5.32 Å². The average Bonchev–Trinajstić information content (AvgIpc) is 2.53. The number of aromatic nitrogens is 1. The third-order valence-electron chi connectivity index (χ3n) is 3.31. The minimum absolute atomic E-state index is 0.122. The van der Waals surface area contributed by atoms with E-state index in [0.29, 0.717) is 16.7 Å². The Bertz CT molecular complexity index is 779. The predicted octanol–water partition coefficient (Wildman–Crippen LogP) is 3.93. The van der Waals surface area contributed by atoms with Crippen molar-refractivity contribution in [3.63, 3.8) is 0 Å². The summed E-state index contributed by atoms with van der Waals surface area (Å²) < 4.78 is 0.716. The van der Waals surface area contributed by atoms with Crippen molar-refractivity contribution in [2.24, 2.45) is 0 Å². The Kier molecular flexibility index (Phi) is 3.97. The molecular weight excluding hydrogens is 328 g/mol. The highest BCUT2D eigenvalue weighted by molar-refractivity contribution is 9.10. The summed E-state index contributed by atoms with van der Waals surface area (Å²) in [5.74, 6) is -0.122. The Hall–Kier alpha value is -2.20. The predicted molar refractivity (Wildman–Crippen MR) is 87.1 cm³/mol. The van der Waals surface area contributed by atoms with Crippen molar-refractivity contribution in [1.82, 2.24) is 10.3 Å². The molecule has 0 aliphatic carbocycles. The lowest BCUT2D eigenvalue weighted by Gasteiger charge is -2.08. The summed E-state index contributed by atoms with van der Waals surface area (Å²) in [6.07, 6.45) is 1.56. The molecule has 3 nitrogen and oxygen atoms in total. The third kappa shape index (κ3) is 3.11. The first-order chi connectivity index (χ1) is 10.2. The van der Waals surface area contributed by atoms with Crippen LogP contribution in [0.3, 0.4) is 0 Å². The van der Waals surface area contributed by atoms with Gasteiger partial charge in [-0.1, -0.05) is 42.5 Å². The number of carbonyl (C=O) groups excluding carboxylic acids is 1. The number of pyridine rings is 1. The molecule has 0 saturated heterocycles. The van der Waals surface area contributed by atoms with Gasteiger partial charge in [-0.2, -0.15) is 0 Å². The molecule has 104 valence electrons. The Morgan fingerprint density at radius 3 is 2.67 bits per heavy atom. The second-order valence-electron chi connectivity index (χ2n) is 4.69. The Labute approximate surface area is 131 Å². The monoisotopic (exact) mass is 340 g/mol. The molecule has 0 fully saturated rings. The van der Waals surface area contributed by atoms with E-state index in [1.165, 1.54) is 5.39 Å². The molecule has 1 heterocycles. The van der Waals surface area contributed by atoms with Crippen LogP contribution in [0.15, 0.2) is 65.4 Å². The zero-order valence-corrected chi connectivity index (χ0v) is 12.8. The van der Waals surface area contributed by atoms with Crippen LogP contribution in [0, 0.1) is 0 Å². The van der Waals surface area contributed by atoms with Crippen LogP contribution >= 0.6 is 15.9 Å². The third-order valence-corrected chi connectivity index (χ3v) is 3.78. The van der Waals surface area contributed by atoms with Crippen LogP contribution in [0.2, 0.25) is 0 Å². The van der Waals surface area contributed by atoms with Crippen molar-refractivity contribution >= 4 is 32.6 Å². The first-order valence-electron chi connectivity index (χ1n) is 6.60. The number of benzene rings is 2. The summed E-state index contributed by atoms with van der Waals surface area (Å²) in [5, 5.41) is 5.27. The van der Waals surface area contributed by atoms with Gasteiger partial charge in [-0.15, -0.1) is 0 Å². The summed E-state index contributed by atoms with van der Waals surface area (Å²) in [6, 6.07) is 17.8. The second-order valence-corrected chi connectivity index (χ2v) is 5.50. The highest BCUT2D eigenvalue weighted by Crippen LogP contribution is 2.18. The molecule has 21 heavy (non-hydrogen) atoms. The lowest BCUT2D eigenvalue weighted by molar-refractivity contribution is 0.0950. The van der Waals surface area contributed by atoms with E-state index in [2.05, 4.69) is 44.4 Å². The Morgan fingerprint density at radius 1 is 1.05 bits per heavy atom.